The Bertz CT molecular complexity index is 1020. The fourth-order valence-electron chi connectivity index (χ4n) is 3.15. The summed E-state index contributed by atoms with van der Waals surface area (Å²) in [5.41, 5.74) is 3.40. The molecule has 6 nitrogen and oxygen atoms in total. The first-order valence-corrected chi connectivity index (χ1v) is 9.82. The van der Waals surface area contributed by atoms with Crippen LogP contribution in [-0.2, 0) is 11.4 Å². The number of carbonyl (C=O) groups is 1. The molecule has 0 bridgehead atoms. The molecule has 0 atom stereocenters. The van der Waals surface area contributed by atoms with Crippen LogP contribution in [0.15, 0.2) is 52.9 Å². The van der Waals surface area contributed by atoms with Gasteiger partial charge in [0.25, 0.3) is 5.91 Å². The van der Waals surface area contributed by atoms with E-state index in [1.54, 1.807) is 31.4 Å². The largest absolute Gasteiger partial charge is 0.495 e. The van der Waals surface area contributed by atoms with E-state index in [1.807, 2.05) is 31.2 Å². The highest BCUT2D eigenvalue weighted by molar-refractivity contribution is 5.94. The number of ether oxygens (including phenoxy) is 2. The summed E-state index contributed by atoms with van der Waals surface area (Å²) in [6.07, 6.45) is 0. The molecule has 0 spiro atoms. The highest BCUT2D eigenvalue weighted by atomic mass is 16.5. The van der Waals surface area contributed by atoms with Crippen LogP contribution >= 0.6 is 0 Å². The Kier molecular flexibility index (Phi) is 6.79. The second-order valence-corrected chi connectivity index (χ2v) is 7.37. The highest BCUT2D eigenvalue weighted by Gasteiger charge is 2.14. The third-order valence-electron chi connectivity index (χ3n) is 4.73. The number of carbonyl (C=O) groups excluding carboxylic acids is 1. The van der Waals surface area contributed by atoms with Crippen molar-refractivity contribution >= 4 is 11.6 Å². The molecule has 0 aliphatic heterocycles. The molecule has 0 fully saturated rings. The van der Waals surface area contributed by atoms with Gasteiger partial charge < -0.3 is 24.3 Å². The molecule has 0 aliphatic rings. The lowest BCUT2D eigenvalue weighted by atomic mass is 10.0. The van der Waals surface area contributed by atoms with Crippen LogP contribution in [0.2, 0.25) is 0 Å². The molecule has 0 aliphatic carbocycles. The van der Waals surface area contributed by atoms with E-state index in [2.05, 4.69) is 19.2 Å². The topological polar surface area (TPSA) is 80.9 Å². The van der Waals surface area contributed by atoms with Crippen molar-refractivity contribution in [1.82, 2.24) is 0 Å². The summed E-state index contributed by atoms with van der Waals surface area (Å²) in [6.45, 7) is 5.88. The molecular weight excluding hydrogens is 382 g/mol. The van der Waals surface area contributed by atoms with Gasteiger partial charge >= 0.3 is 0 Å². The zero-order valence-electron chi connectivity index (χ0n) is 17.7. The number of rotatable bonds is 8. The van der Waals surface area contributed by atoms with E-state index in [4.69, 9.17) is 13.9 Å². The van der Waals surface area contributed by atoms with E-state index in [0.29, 0.717) is 28.7 Å². The molecule has 6 heteroatoms. The van der Waals surface area contributed by atoms with E-state index < -0.39 is 0 Å². The van der Waals surface area contributed by atoms with Crippen LogP contribution in [0.25, 0.3) is 11.3 Å². The minimum atomic E-state index is -0.294. The fourth-order valence-corrected chi connectivity index (χ4v) is 3.15. The highest BCUT2D eigenvalue weighted by Crippen LogP contribution is 2.32. The van der Waals surface area contributed by atoms with Crippen molar-refractivity contribution in [2.24, 2.45) is 0 Å². The summed E-state index contributed by atoms with van der Waals surface area (Å²) in [5.74, 6) is 2.30. The normalized spacial score (nSPS) is 10.9. The number of nitrogens with one attached hydrogen (secondary N) is 1. The summed E-state index contributed by atoms with van der Waals surface area (Å²) < 4.78 is 16.8. The van der Waals surface area contributed by atoms with E-state index in [1.165, 1.54) is 0 Å². The van der Waals surface area contributed by atoms with E-state index >= 15 is 0 Å². The number of furan rings is 1. The third-order valence-corrected chi connectivity index (χ3v) is 4.73. The van der Waals surface area contributed by atoms with Crippen LogP contribution < -0.4 is 14.8 Å². The Morgan fingerprint density at radius 3 is 2.57 bits per heavy atom. The maximum absolute atomic E-state index is 12.6. The molecule has 158 valence electrons. The predicted octanol–water partition coefficient (Wildman–Crippen LogP) is 4.90. The van der Waals surface area contributed by atoms with Crippen molar-refractivity contribution in [2.75, 3.05) is 19.0 Å². The van der Waals surface area contributed by atoms with Crippen molar-refractivity contribution in [3.63, 3.8) is 0 Å². The maximum Gasteiger partial charge on any atom is 0.262 e. The van der Waals surface area contributed by atoms with Gasteiger partial charge in [0.1, 0.15) is 29.6 Å². The Hall–Kier alpha value is -3.25. The third kappa shape index (κ3) is 5.02. The number of hydrogen-bond donors (Lipinski definition) is 2. The molecule has 1 amide bonds. The molecule has 0 saturated carbocycles. The van der Waals surface area contributed by atoms with Gasteiger partial charge in [0.2, 0.25) is 0 Å². The number of anilines is 1. The number of hydrogen-bond acceptors (Lipinski definition) is 5. The van der Waals surface area contributed by atoms with Crippen LogP contribution in [0, 0.1) is 6.92 Å². The van der Waals surface area contributed by atoms with Gasteiger partial charge in [-0.1, -0.05) is 26.0 Å². The van der Waals surface area contributed by atoms with Crippen LogP contribution in [0.4, 0.5) is 5.69 Å². The summed E-state index contributed by atoms with van der Waals surface area (Å²) >= 11 is 0. The van der Waals surface area contributed by atoms with Gasteiger partial charge in [0, 0.05) is 5.56 Å². The number of methoxy groups -OCH3 is 1. The number of aryl methyl sites for hydroxylation is 1. The molecule has 2 N–H and O–H groups in total. The van der Waals surface area contributed by atoms with Crippen molar-refractivity contribution in [2.45, 2.75) is 33.3 Å². The second kappa shape index (κ2) is 9.50. The van der Waals surface area contributed by atoms with Gasteiger partial charge in [-0.2, -0.15) is 0 Å². The number of benzene rings is 2. The smallest absolute Gasteiger partial charge is 0.262 e. The van der Waals surface area contributed by atoms with Crippen molar-refractivity contribution < 1.29 is 23.8 Å². The summed E-state index contributed by atoms with van der Waals surface area (Å²) in [5, 5.41) is 12.0. The van der Waals surface area contributed by atoms with Crippen LogP contribution in [0.3, 0.4) is 0 Å². The van der Waals surface area contributed by atoms with Crippen LogP contribution in [0.5, 0.6) is 11.5 Å². The average Bonchev–Trinajstić information content (AvgIpc) is 3.21. The molecule has 3 rings (SSSR count). The fraction of sp³-hybridized carbons (Fsp3) is 0.292. The standard InChI is InChI=1S/C24H27NO5/c1-15(2)19-8-5-16(3)11-23(19)29-14-24(27)25-20-12-17(6-9-22(20)28-4)21-10-7-18(13-26)30-21/h5-12,15,26H,13-14H2,1-4H3,(H,25,27). The average molecular weight is 409 g/mol. The van der Waals surface area contributed by atoms with Gasteiger partial charge in [-0.05, 0) is 60.4 Å². The minimum absolute atomic E-state index is 0.119. The molecule has 1 heterocycles. The first-order chi connectivity index (χ1) is 14.4. The second-order valence-electron chi connectivity index (χ2n) is 7.37. The number of aliphatic hydroxyl groups excluding tert-OH is 1. The van der Waals surface area contributed by atoms with Crippen LogP contribution in [-0.4, -0.2) is 24.7 Å². The first-order valence-electron chi connectivity index (χ1n) is 9.82. The van der Waals surface area contributed by atoms with Gasteiger partial charge in [0.15, 0.2) is 6.61 Å². The lowest BCUT2D eigenvalue weighted by molar-refractivity contribution is -0.118. The molecule has 0 saturated heterocycles. The van der Waals surface area contributed by atoms with Crippen molar-refractivity contribution in [3.05, 3.63) is 65.4 Å². The summed E-state index contributed by atoms with van der Waals surface area (Å²) in [7, 11) is 1.54. The molecule has 0 unspecified atom stereocenters. The van der Waals surface area contributed by atoms with Crippen LogP contribution in [0.1, 0.15) is 36.7 Å². The minimum Gasteiger partial charge on any atom is -0.495 e. The monoisotopic (exact) mass is 409 g/mol. The zero-order chi connectivity index (χ0) is 21.7. The van der Waals surface area contributed by atoms with E-state index in [0.717, 1.165) is 16.7 Å². The Labute approximate surface area is 176 Å². The quantitative estimate of drug-likeness (QED) is 0.553. The Balaban J connectivity index is 1.74. The van der Waals surface area contributed by atoms with Crippen molar-refractivity contribution in [3.8, 4) is 22.8 Å². The predicted molar refractivity (Wildman–Crippen MR) is 116 cm³/mol. The van der Waals surface area contributed by atoms with Gasteiger partial charge in [-0.3, -0.25) is 4.79 Å². The molecule has 2 aromatic carbocycles. The Morgan fingerprint density at radius 2 is 1.90 bits per heavy atom. The van der Waals surface area contributed by atoms with E-state index in [9.17, 15) is 9.90 Å². The Morgan fingerprint density at radius 1 is 1.10 bits per heavy atom. The SMILES string of the molecule is COc1ccc(-c2ccc(CO)o2)cc1NC(=O)COc1cc(C)ccc1C(C)C. The summed E-state index contributed by atoms with van der Waals surface area (Å²) in [6, 6.07) is 14.8. The maximum atomic E-state index is 12.6. The van der Waals surface area contributed by atoms with Gasteiger partial charge in [-0.15, -0.1) is 0 Å². The van der Waals surface area contributed by atoms with Gasteiger partial charge in [0.05, 0.1) is 12.8 Å². The van der Waals surface area contributed by atoms with Crippen molar-refractivity contribution in [1.29, 1.82) is 0 Å². The number of amides is 1. The number of aliphatic hydroxyl groups is 1. The lowest BCUT2D eigenvalue weighted by Gasteiger charge is -2.15. The zero-order valence-corrected chi connectivity index (χ0v) is 17.7. The summed E-state index contributed by atoms with van der Waals surface area (Å²) in [4.78, 5) is 12.6. The van der Waals surface area contributed by atoms with E-state index in [-0.39, 0.29) is 25.0 Å². The molecule has 0 radical (unpaired) electrons. The van der Waals surface area contributed by atoms with Gasteiger partial charge in [-0.25, -0.2) is 0 Å². The molecule has 3 aromatic rings. The molecule has 1 aromatic heterocycles. The molecular formula is C24H27NO5. The molecule has 30 heavy (non-hydrogen) atoms. The lowest BCUT2D eigenvalue weighted by Crippen LogP contribution is -2.21. The first kappa shape index (κ1) is 21.5.